The van der Waals surface area contributed by atoms with Crippen LogP contribution in [0, 0.1) is 45.8 Å². The molecule has 2 heteroatoms. The largest absolute Gasteiger partial charge is 0.193 e. The summed E-state index contributed by atoms with van der Waals surface area (Å²) in [5.74, 6) is 1.53. The minimum atomic E-state index is 0.391. The third-order valence-corrected chi connectivity index (χ3v) is 5.23. The van der Waals surface area contributed by atoms with Crippen LogP contribution in [-0.4, -0.2) is 0 Å². The van der Waals surface area contributed by atoms with Gasteiger partial charge < -0.3 is 0 Å². The minimum Gasteiger partial charge on any atom is -0.193 e. The maximum Gasteiger partial charge on any atom is 0.0960 e. The van der Waals surface area contributed by atoms with Gasteiger partial charge in [0, 0.05) is 17.1 Å². The Morgan fingerprint density at radius 1 is 1.33 bits per heavy atom. The molecule has 0 aromatic carbocycles. The molecule has 2 fully saturated rings. The lowest BCUT2D eigenvalue weighted by Crippen LogP contribution is -2.19. The van der Waals surface area contributed by atoms with Gasteiger partial charge in [0.1, 0.15) is 0 Å². The molecular weight excluding hydrogens is 220 g/mol. The van der Waals surface area contributed by atoms with Gasteiger partial charge in [-0.25, -0.2) is 0 Å². The zero-order valence-electron chi connectivity index (χ0n) is 11.0. The van der Waals surface area contributed by atoms with Crippen LogP contribution in [0.1, 0.15) is 39.5 Å². The third kappa shape index (κ3) is 1.33. The highest BCUT2D eigenvalue weighted by Crippen LogP contribution is 2.78. The zero-order chi connectivity index (χ0) is 12.9. The number of nitriles is 2. The molecule has 4 unspecified atom stereocenters. The second-order valence-electron chi connectivity index (χ2n) is 6.33. The monoisotopic (exact) mass is 238 g/mol. The molecule has 0 spiro atoms. The second-order valence-corrected chi connectivity index (χ2v) is 6.33. The topological polar surface area (TPSA) is 47.6 Å². The van der Waals surface area contributed by atoms with E-state index < -0.39 is 0 Å². The highest BCUT2D eigenvalue weighted by Gasteiger charge is 2.72. The molecule has 0 radical (unpaired) electrons. The van der Waals surface area contributed by atoms with Crippen LogP contribution in [0.2, 0.25) is 0 Å². The van der Waals surface area contributed by atoms with E-state index in [2.05, 4.69) is 32.1 Å². The van der Waals surface area contributed by atoms with Gasteiger partial charge in [-0.1, -0.05) is 11.6 Å². The van der Waals surface area contributed by atoms with Crippen LogP contribution in [0.25, 0.3) is 0 Å². The van der Waals surface area contributed by atoms with Crippen molar-refractivity contribution in [3.05, 3.63) is 22.8 Å². The first-order valence-corrected chi connectivity index (χ1v) is 6.81. The van der Waals surface area contributed by atoms with E-state index in [0.717, 1.165) is 30.4 Å². The van der Waals surface area contributed by atoms with Gasteiger partial charge in [-0.2, -0.15) is 10.5 Å². The Hall–Kier alpha value is -1.54. The average molecular weight is 238 g/mol. The molecule has 2 nitrogen and oxygen atoms in total. The summed E-state index contributed by atoms with van der Waals surface area (Å²) in [6.07, 6.45) is 6.95. The molecule has 0 heterocycles. The first-order chi connectivity index (χ1) is 8.64. The van der Waals surface area contributed by atoms with Crippen molar-refractivity contribution in [1.82, 2.24) is 0 Å². The lowest BCUT2D eigenvalue weighted by atomic mass is 9.76. The smallest absolute Gasteiger partial charge is 0.0960 e. The van der Waals surface area contributed by atoms with Crippen molar-refractivity contribution in [2.45, 2.75) is 39.5 Å². The fourth-order valence-corrected chi connectivity index (χ4v) is 4.53. The van der Waals surface area contributed by atoms with Crippen molar-refractivity contribution >= 4 is 0 Å². The van der Waals surface area contributed by atoms with Crippen molar-refractivity contribution in [3.8, 4) is 12.1 Å². The predicted octanol–water partition coefficient (Wildman–Crippen LogP) is 3.73. The molecule has 4 atom stereocenters. The molecular formula is C16H18N2. The van der Waals surface area contributed by atoms with Gasteiger partial charge in [0.25, 0.3) is 0 Å². The highest BCUT2D eigenvalue weighted by molar-refractivity contribution is 5.52. The van der Waals surface area contributed by atoms with Crippen LogP contribution in [0.3, 0.4) is 0 Å². The van der Waals surface area contributed by atoms with E-state index in [-0.39, 0.29) is 0 Å². The predicted molar refractivity (Wildman–Crippen MR) is 69.1 cm³/mol. The summed E-state index contributed by atoms with van der Waals surface area (Å²) in [6.45, 7) is 4.27. The lowest BCUT2D eigenvalue weighted by Gasteiger charge is -2.26. The van der Waals surface area contributed by atoms with Crippen molar-refractivity contribution in [2.24, 2.45) is 23.2 Å². The third-order valence-electron chi connectivity index (χ3n) is 5.23. The van der Waals surface area contributed by atoms with E-state index in [9.17, 15) is 10.5 Å². The average Bonchev–Trinajstić information content (AvgIpc) is 2.82. The molecule has 4 aliphatic carbocycles. The van der Waals surface area contributed by atoms with Crippen LogP contribution in [0.5, 0.6) is 0 Å². The maximum atomic E-state index is 9.29. The van der Waals surface area contributed by atoms with Gasteiger partial charge in [0.15, 0.2) is 0 Å². The number of allylic oxidation sites excluding steroid dienone is 4. The quantitative estimate of drug-likeness (QED) is 0.703. The van der Waals surface area contributed by atoms with Crippen LogP contribution in [0.15, 0.2) is 22.8 Å². The van der Waals surface area contributed by atoms with Crippen molar-refractivity contribution in [3.63, 3.8) is 0 Å². The first kappa shape index (κ1) is 11.5. The first-order valence-electron chi connectivity index (χ1n) is 6.81. The Kier molecular flexibility index (Phi) is 2.39. The van der Waals surface area contributed by atoms with E-state index in [1.807, 2.05) is 0 Å². The number of hydrogen-bond acceptors (Lipinski definition) is 2. The molecule has 92 valence electrons. The van der Waals surface area contributed by atoms with Gasteiger partial charge in [0.05, 0.1) is 12.1 Å². The normalized spacial score (nSPS) is 39.0. The Morgan fingerprint density at radius 3 is 2.67 bits per heavy atom. The molecule has 0 aromatic heterocycles. The number of nitrogens with zero attached hydrogens (tertiary/aromatic N) is 2. The van der Waals surface area contributed by atoms with Crippen molar-refractivity contribution in [1.29, 1.82) is 10.5 Å². The fraction of sp³-hybridized carbons (Fsp3) is 0.625. The second kappa shape index (κ2) is 3.72. The summed E-state index contributed by atoms with van der Waals surface area (Å²) in [5.41, 5.74) is 3.42. The molecule has 4 rings (SSSR count). The standard InChI is InChI=1S/C16H18N2/c1-10(2)4-3-5-16-7-11-6-14(16)15(16)13(9-18)12(11)8-17/h4,11,14-15H,3,5-7H2,1-2H3. The lowest BCUT2D eigenvalue weighted by molar-refractivity contribution is 0.370. The number of hydrogen-bond donors (Lipinski definition) is 0. The SMILES string of the molecule is CC(C)=CCCC12CC3CC1C2C(C#N)=C3C#N. The van der Waals surface area contributed by atoms with E-state index >= 15 is 0 Å². The molecule has 0 aromatic rings. The minimum absolute atomic E-state index is 0.391. The highest BCUT2D eigenvalue weighted by atomic mass is 14.8. The Bertz CT molecular complexity index is 536. The molecule has 0 aliphatic heterocycles. The molecule has 18 heavy (non-hydrogen) atoms. The summed E-state index contributed by atoms with van der Waals surface area (Å²) in [4.78, 5) is 0. The van der Waals surface area contributed by atoms with E-state index in [0.29, 0.717) is 23.2 Å². The van der Waals surface area contributed by atoms with Crippen molar-refractivity contribution in [2.75, 3.05) is 0 Å². The summed E-state index contributed by atoms with van der Waals surface area (Å²) < 4.78 is 0. The molecule has 4 bridgehead atoms. The molecule has 2 saturated carbocycles. The van der Waals surface area contributed by atoms with Crippen LogP contribution in [-0.2, 0) is 0 Å². The van der Waals surface area contributed by atoms with Gasteiger partial charge in [-0.3, -0.25) is 0 Å². The molecule has 0 amide bonds. The van der Waals surface area contributed by atoms with E-state index in [1.54, 1.807) is 0 Å². The summed E-state index contributed by atoms with van der Waals surface area (Å²) >= 11 is 0. The summed E-state index contributed by atoms with van der Waals surface area (Å²) in [6, 6.07) is 4.61. The zero-order valence-corrected chi connectivity index (χ0v) is 11.0. The van der Waals surface area contributed by atoms with Crippen LogP contribution >= 0.6 is 0 Å². The summed E-state index contributed by atoms with van der Waals surface area (Å²) in [5, 5.41) is 18.5. The van der Waals surface area contributed by atoms with Crippen molar-refractivity contribution < 1.29 is 0 Å². The molecule has 0 N–H and O–H groups in total. The molecule has 0 saturated heterocycles. The summed E-state index contributed by atoms with van der Waals surface area (Å²) in [7, 11) is 0. The fourth-order valence-electron chi connectivity index (χ4n) is 4.53. The Balaban J connectivity index is 1.83. The number of rotatable bonds is 3. The van der Waals surface area contributed by atoms with Crippen LogP contribution in [0.4, 0.5) is 0 Å². The molecule has 4 aliphatic rings. The van der Waals surface area contributed by atoms with E-state index in [4.69, 9.17) is 0 Å². The van der Waals surface area contributed by atoms with Gasteiger partial charge in [0.2, 0.25) is 0 Å². The van der Waals surface area contributed by atoms with Gasteiger partial charge in [-0.05, 0) is 56.8 Å². The van der Waals surface area contributed by atoms with E-state index in [1.165, 1.54) is 12.0 Å². The van der Waals surface area contributed by atoms with Gasteiger partial charge in [-0.15, -0.1) is 0 Å². The Labute approximate surface area is 109 Å². The van der Waals surface area contributed by atoms with Gasteiger partial charge >= 0.3 is 0 Å². The maximum absolute atomic E-state index is 9.29. The van der Waals surface area contributed by atoms with Crippen LogP contribution < -0.4 is 0 Å². The Morgan fingerprint density at radius 2 is 2.06 bits per heavy atom.